The minimum Gasteiger partial charge on any atom is -0.238 e. The lowest BCUT2D eigenvalue weighted by molar-refractivity contribution is 0.620. The second-order valence-corrected chi connectivity index (χ2v) is 6.10. The smallest absolute Gasteiger partial charge is 0.129 e. The van der Waals surface area contributed by atoms with Gasteiger partial charge in [-0.3, -0.25) is 0 Å². The number of aromatic nitrogens is 2. The summed E-state index contributed by atoms with van der Waals surface area (Å²) in [4.78, 5) is 8.97. The van der Waals surface area contributed by atoms with Crippen LogP contribution < -0.4 is 0 Å². The van der Waals surface area contributed by atoms with E-state index in [0.29, 0.717) is 5.82 Å². The molecule has 0 amide bonds. The quantitative estimate of drug-likeness (QED) is 0.462. The zero-order valence-corrected chi connectivity index (χ0v) is 14.2. The predicted molar refractivity (Wildman–Crippen MR) is 91.4 cm³/mol. The fourth-order valence-corrected chi connectivity index (χ4v) is 2.69. The van der Waals surface area contributed by atoms with Crippen LogP contribution in [0.15, 0.2) is 6.07 Å². The second kappa shape index (κ2) is 11.7. The summed E-state index contributed by atoms with van der Waals surface area (Å²) in [7, 11) is 0. The highest BCUT2D eigenvalue weighted by molar-refractivity contribution is 5.13. The molecule has 21 heavy (non-hydrogen) atoms. The molecule has 0 spiro atoms. The molecule has 1 aromatic rings. The Morgan fingerprint density at radius 3 is 1.57 bits per heavy atom. The van der Waals surface area contributed by atoms with Crippen LogP contribution in [-0.2, 0) is 12.8 Å². The standard InChI is InChI=1S/C19H33N2/c1-4-6-8-10-12-14-18-16-19(21-17(3)20-18)15-13-11-9-7-5-2/h16H,3-15H2,1-2H3. The van der Waals surface area contributed by atoms with Crippen LogP contribution in [0.1, 0.15) is 95.3 Å². The van der Waals surface area contributed by atoms with Crippen LogP contribution >= 0.6 is 0 Å². The van der Waals surface area contributed by atoms with E-state index in [-0.39, 0.29) is 0 Å². The van der Waals surface area contributed by atoms with E-state index in [0.717, 1.165) is 12.8 Å². The van der Waals surface area contributed by atoms with Crippen molar-refractivity contribution in [3.05, 3.63) is 30.2 Å². The first-order valence-corrected chi connectivity index (χ1v) is 8.95. The summed E-state index contributed by atoms with van der Waals surface area (Å²) >= 11 is 0. The van der Waals surface area contributed by atoms with Crippen LogP contribution in [0.4, 0.5) is 0 Å². The molecule has 0 atom stereocenters. The normalized spacial score (nSPS) is 11.0. The van der Waals surface area contributed by atoms with E-state index in [9.17, 15) is 0 Å². The Labute approximate surface area is 131 Å². The van der Waals surface area contributed by atoms with Crippen molar-refractivity contribution in [2.45, 2.75) is 90.9 Å². The highest BCUT2D eigenvalue weighted by Crippen LogP contribution is 2.12. The molecule has 2 heteroatoms. The second-order valence-electron chi connectivity index (χ2n) is 6.10. The summed E-state index contributed by atoms with van der Waals surface area (Å²) in [6.07, 6.45) is 15.3. The van der Waals surface area contributed by atoms with Crippen molar-refractivity contribution in [3.8, 4) is 0 Å². The van der Waals surface area contributed by atoms with Gasteiger partial charge in [0.25, 0.3) is 0 Å². The van der Waals surface area contributed by atoms with Crippen LogP contribution in [0, 0.1) is 6.92 Å². The fraction of sp³-hybridized carbons (Fsp3) is 0.737. The Bertz CT molecular complexity index is 342. The van der Waals surface area contributed by atoms with Crippen LogP contribution in [0.3, 0.4) is 0 Å². The van der Waals surface area contributed by atoms with Crippen LogP contribution in [-0.4, -0.2) is 9.97 Å². The van der Waals surface area contributed by atoms with Gasteiger partial charge in [0.15, 0.2) is 0 Å². The molecule has 0 fully saturated rings. The van der Waals surface area contributed by atoms with Gasteiger partial charge in [0, 0.05) is 18.3 Å². The molecule has 0 aliphatic heterocycles. The maximum atomic E-state index is 4.49. The van der Waals surface area contributed by atoms with Crippen LogP contribution in [0.2, 0.25) is 0 Å². The van der Waals surface area contributed by atoms with Gasteiger partial charge >= 0.3 is 0 Å². The molecule has 0 saturated heterocycles. The molecule has 2 nitrogen and oxygen atoms in total. The van der Waals surface area contributed by atoms with Crippen molar-refractivity contribution in [2.75, 3.05) is 0 Å². The molecule has 0 saturated carbocycles. The summed E-state index contributed by atoms with van der Waals surface area (Å²) in [5.74, 6) is 0.699. The summed E-state index contributed by atoms with van der Waals surface area (Å²) in [5, 5.41) is 0. The highest BCUT2D eigenvalue weighted by atomic mass is 14.9. The van der Waals surface area contributed by atoms with Crippen LogP contribution in [0.5, 0.6) is 0 Å². The van der Waals surface area contributed by atoms with Gasteiger partial charge < -0.3 is 0 Å². The van der Waals surface area contributed by atoms with Gasteiger partial charge in [-0.2, -0.15) is 0 Å². The molecule has 1 radical (unpaired) electrons. The van der Waals surface area contributed by atoms with E-state index in [4.69, 9.17) is 0 Å². The Balaban J connectivity index is 2.32. The van der Waals surface area contributed by atoms with E-state index in [1.54, 1.807) is 0 Å². The average Bonchev–Trinajstić information content (AvgIpc) is 2.46. The van der Waals surface area contributed by atoms with Crippen molar-refractivity contribution in [1.29, 1.82) is 0 Å². The summed E-state index contributed by atoms with van der Waals surface area (Å²) in [6, 6.07) is 2.20. The van der Waals surface area contributed by atoms with Gasteiger partial charge in [-0.1, -0.05) is 65.2 Å². The van der Waals surface area contributed by atoms with E-state index in [1.807, 2.05) is 0 Å². The third-order valence-electron chi connectivity index (χ3n) is 3.95. The molecular formula is C19H33N2. The van der Waals surface area contributed by atoms with E-state index in [1.165, 1.54) is 75.6 Å². The van der Waals surface area contributed by atoms with Gasteiger partial charge in [0.2, 0.25) is 0 Å². The zero-order valence-electron chi connectivity index (χ0n) is 14.2. The maximum absolute atomic E-state index is 4.49. The molecular weight excluding hydrogens is 256 g/mol. The maximum Gasteiger partial charge on any atom is 0.129 e. The molecule has 1 aromatic heterocycles. The molecule has 0 bridgehead atoms. The SMILES string of the molecule is [CH2]c1nc(CCCCCCC)cc(CCCCCCC)n1. The molecule has 0 unspecified atom stereocenters. The highest BCUT2D eigenvalue weighted by Gasteiger charge is 2.03. The monoisotopic (exact) mass is 289 g/mol. The number of aryl methyl sites for hydroxylation is 2. The van der Waals surface area contributed by atoms with Crippen LogP contribution in [0.25, 0.3) is 0 Å². The van der Waals surface area contributed by atoms with Crippen molar-refractivity contribution >= 4 is 0 Å². The first kappa shape index (κ1) is 18.1. The van der Waals surface area contributed by atoms with Gasteiger partial charge in [-0.05, 0) is 31.7 Å². The van der Waals surface area contributed by atoms with Gasteiger partial charge in [0.1, 0.15) is 5.82 Å². The predicted octanol–water partition coefficient (Wildman–Crippen LogP) is 5.68. The Hall–Kier alpha value is -0.920. The zero-order chi connectivity index (χ0) is 15.3. The average molecular weight is 289 g/mol. The van der Waals surface area contributed by atoms with Gasteiger partial charge in [-0.15, -0.1) is 0 Å². The molecule has 1 rings (SSSR count). The first-order valence-electron chi connectivity index (χ1n) is 8.95. The van der Waals surface area contributed by atoms with Crippen molar-refractivity contribution in [1.82, 2.24) is 9.97 Å². The van der Waals surface area contributed by atoms with E-state index >= 15 is 0 Å². The molecule has 0 aliphatic rings. The van der Waals surface area contributed by atoms with Crippen molar-refractivity contribution < 1.29 is 0 Å². The Morgan fingerprint density at radius 2 is 1.14 bits per heavy atom. The molecule has 119 valence electrons. The lowest BCUT2D eigenvalue weighted by Crippen LogP contribution is -2.01. The number of hydrogen-bond acceptors (Lipinski definition) is 2. The first-order chi connectivity index (χ1) is 10.3. The largest absolute Gasteiger partial charge is 0.238 e. The third-order valence-corrected chi connectivity index (χ3v) is 3.95. The molecule has 0 N–H and O–H groups in total. The van der Waals surface area contributed by atoms with Crippen molar-refractivity contribution in [3.63, 3.8) is 0 Å². The number of hydrogen-bond donors (Lipinski definition) is 0. The van der Waals surface area contributed by atoms with E-state index in [2.05, 4.69) is 36.8 Å². The van der Waals surface area contributed by atoms with Gasteiger partial charge in [0.05, 0.1) is 0 Å². The number of rotatable bonds is 12. The summed E-state index contributed by atoms with van der Waals surface area (Å²) in [5.41, 5.74) is 2.38. The minimum absolute atomic E-state index is 0.699. The van der Waals surface area contributed by atoms with E-state index < -0.39 is 0 Å². The lowest BCUT2D eigenvalue weighted by atomic mass is 10.1. The molecule has 1 heterocycles. The Morgan fingerprint density at radius 1 is 0.714 bits per heavy atom. The molecule has 0 aromatic carbocycles. The minimum atomic E-state index is 0.699. The molecule has 0 aliphatic carbocycles. The Kier molecular flexibility index (Phi) is 10.1. The van der Waals surface area contributed by atoms with Crippen molar-refractivity contribution in [2.24, 2.45) is 0 Å². The topological polar surface area (TPSA) is 25.8 Å². The van der Waals surface area contributed by atoms with Gasteiger partial charge in [-0.25, -0.2) is 9.97 Å². The fourth-order valence-electron chi connectivity index (χ4n) is 2.69. The number of nitrogens with zero attached hydrogens (tertiary/aromatic N) is 2. The summed E-state index contributed by atoms with van der Waals surface area (Å²) in [6.45, 7) is 8.45. The number of unbranched alkanes of at least 4 members (excludes halogenated alkanes) is 8. The lowest BCUT2D eigenvalue weighted by Gasteiger charge is -2.06. The third kappa shape index (κ3) is 8.85. The summed E-state index contributed by atoms with van der Waals surface area (Å²) < 4.78 is 0.